The summed E-state index contributed by atoms with van der Waals surface area (Å²) in [4.78, 5) is 59.8. The van der Waals surface area contributed by atoms with Gasteiger partial charge in [0.2, 0.25) is 23.6 Å². The number of amides is 4. The Morgan fingerprint density at radius 3 is 1.14 bits per heavy atom. The van der Waals surface area contributed by atoms with E-state index in [4.69, 9.17) is 27.6 Å². The van der Waals surface area contributed by atoms with Gasteiger partial charge in [0.25, 0.3) is 0 Å². The summed E-state index contributed by atoms with van der Waals surface area (Å²) in [6.07, 6.45) is 3.70. The van der Waals surface area contributed by atoms with Gasteiger partial charge in [-0.15, -0.1) is 11.8 Å². The number of ether oxygens (including phenoxy) is 2. The fourth-order valence-corrected chi connectivity index (χ4v) is 10.2. The van der Waals surface area contributed by atoms with E-state index in [9.17, 15) is 32.4 Å². The first-order valence-electron chi connectivity index (χ1n) is 26.9. The number of hydrogen-bond acceptors (Lipinski definition) is 19. The summed E-state index contributed by atoms with van der Waals surface area (Å²) in [6.45, 7) is 40.5. The average molecular weight is 1260 g/mol. The fraction of sp³-hybridized carbons (Fsp3) is 0.696. The minimum atomic E-state index is -3.68. The number of carbonyl (C=O) groups excluding carboxylic acids is 5. The first kappa shape index (κ1) is 70.7. The molecular weight excluding hydrogens is 1170 g/mol. The zero-order chi connectivity index (χ0) is 62.0. The van der Waals surface area contributed by atoms with Crippen LogP contribution in [-0.4, -0.2) is 113 Å². The number of rotatable bonds is 15. The van der Waals surface area contributed by atoms with Crippen LogP contribution in [0.25, 0.3) is 0 Å². The highest BCUT2D eigenvalue weighted by molar-refractivity contribution is 9.10. The van der Waals surface area contributed by atoms with Gasteiger partial charge in [-0.05, 0) is 81.1 Å². The second kappa shape index (κ2) is 27.9. The van der Waals surface area contributed by atoms with Crippen molar-refractivity contribution in [2.45, 2.75) is 224 Å². The van der Waals surface area contributed by atoms with Crippen LogP contribution in [0, 0.1) is 0 Å². The summed E-state index contributed by atoms with van der Waals surface area (Å²) in [5.41, 5.74) is -0.656. The molecule has 2 unspecified atom stereocenters. The molecule has 0 aliphatic carbocycles. The zero-order valence-corrected chi connectivity index (χ0v) is 55.4. The smallest absolute Gasteiger partial charge is 0.246 e. The van der Waals surface area contributed by atoms with Crippen LogP contribution in [-0.2, 0) is 64.9 Å². The Morgan fingerprint density at radius 2 is 0.840 bits per heavy atom. The summed E-state index contributed by atoms with van der Waals surface area (Å²) < 4.78 is 53.5. The van der Waals surface area contributed by atoms with Crippen LogP contribution in [0.2, 0.25) is 0 Å². The lowest BCUT2D eigenvalue weighted by Crippen LogP contribution is -2.47. The van der Waals surface area contributed by atoms with Crippen molar-refractivity contribution in [3.05, 3.63) is 47.3 Å². The molecule has 6 heterocycles. The topological polar surface area (TPSA) is 290 Å². The van der Waals surface area contributed by atoms with E-state index in [1.54, 1.807) is 63.7 Å². The number of aromatic nitrogens is 4. The average Bonchev–Trinajstić information content (AvgIpc) is 4.18. The summed E-state index contributed by atoms with van der Waals surface area (Å²) in [5.74, 6) is 3.87. The lowest BCUT2D eigenvalue weighted by molar-refractivity contribution is -0.118. The highest BCUT2D eigenvalue weighted by atomic mass is 79.9. The number of hydrogen-bond donors (Lipinski definition) is 4. The van der Waals surface area contributed by atoms with Gasteiger partial charge < -0.3 is 48.8 Å². The summed E-state index contributed by atoms with van der Waals surface area (Å²) in [6, 6.07) is 6.85. The Morgan fingerprint density at radius 1 is 0.519 bits per heavy atom. The highest BCUT2D eigenvalue weighted by Crippen LogP contribution is 2.33. The normalized spacial score (nSPS) is 16.4. The van der Waals surface area contributed by atoms with Gasteiger partial charge in [-0.2, -0.15) is 0 Å². The highest BCUT2D eigenvalue weighted by Gasteiger charge is 2.44. The standard InChI is InChI=1S/C16H26N2O5S.C16H26N2O3S.C13H20N2O3S.C11H17BrN2O2/c1-15(2,3)12-9-13(18-23-12)17-14(19)16(4,5)24(20,21)10-11-7-6-8-22-11;1-15(2,3)12-9-13(18-21-12)17-14(19)16(4,5)22-10-11-7-6-8-20-11;1-8(16)19-13(5,6)11(17)14-10-7-9(18-15-10)12(2,3)4;1-10(2,3)7-6-8(14-16-7)13-9(15)11(4,5)12/h9,11H,6-8,10H2,1-5H3,(H,17,18,19);9,11H,6-8,10H2,1-5H3,(H,17,18,19);7H,1-6H3,(H,14,15,17);6H,1-5H3,(H,13,14,15). The van der Waals surface area contributed by atoms with Crippen molar-refractivity contribution in [1.82, 2.24) is 20.6 Å². The van der Waals surface area contributed by atoms with Crippen molar-refractivity contribution in [1.29, 1.82) is 0 Å². The van der Waals surface area contributed by atoms with E-state index in [1.807, 2.05) is 96.9 Å². The molecule has 6 rings (SSSR count). The molecular formula is C56H89BrN8O13S3. The molecule has 2 fully saturated rings. The maximum Gasteiger partial charge on any atom is 0.246 e. The summed E-state index contributed by atoms with van der Waals surface area (Å²) in [5, 5.41) is 26.0. The number of anilines is 4. The fourth-order valence-electron chi connectivity index (χ4n) is 6.73. The second-order valence-electron chi connectivity index (χ2n) is 26.1. The predicted molar refractivity (Wildman–Crippen MR) is 323 cm³/mol. The number of carbonyl (C=O) groups is 5. The SMILES string of the molecule is CC(=O)SC(C)(C)C(=O)Nc1cc(C(C)(C)C)on1.CC(C)(Br)C(=O)Nc1cc(C(C)(C)C)on1.CC(C)(C)c1cc(NC(=O)C(C)(C)S(=O)(=O)CC2CCCO2)no1.CC(C)(SCC1CCCO1)C(=O)Nc1cc(C(C)(C)C)on1. The molecule has 456 valence electrons. The van der Waals surface area contributed by atoms with Gasteiger partial charge in [-0.25, -0.2) is 8.42 Å². The molecule has 2 atom stereocenters. The van der Waals surface area contributed by atoms with Crippen molar-refractivity contribution in [3.8, 4) is 0 Å². The second-order valence-corrected chi connectivity index (χ2v) is 34.1. The Balaban J connectivity index is 0.000000287. The lowest BCUT2D eigenvalue weighted by atomic mass is 9.93. The largest absolute Gasteiger partial charge is 0.377 e. The molecule has 4 aromatic rings. The third kappa shape index (κ3) is 22.5. The molecule has 0 saturated carbocycles. The van der Waals surface area contributed by atoms with Gasteiger partial charge in [-0.1, -0.05) is 131 Å². The maximum absolute atomic E-state index is 12.6. The molecule has 2 saturated heterocycles. The monoisotopic (exact) mass is 1260 g/mol. The van der Waals surface area contributed by atoms with Gasteiger partial charge in [0.15, 0.2) is 38.2 Å². The van der Waals surface area contributed by atoms with Gasteiger partial charge in [0.1, 0.15) is 27.8 Å². The molecule has 2 aliphatic rings. The number of alkyl halides is 1. The zero-order valence-electron chi connectivity index (χ0n) is 51.3. The molecule has 25 heteroatoms. The summed E-state index contributed by atoms with van der Waals surface area (Å²) >= 11 is 5.88. The predicted octanol–water partition coefficient (Wildman–Crippen LogP) is 11.9. The molecule has 81 heavy (non-hydrogen) atoms. The molecule has 0 bridgehead atoms. The molecule has 4 aromatic heterocycles. The quantitative estimate of drug-likeness (QED) is 0.0804. The summed E-state index contributed by atoms with van der Waals surface area (Å²) in [7, 11) is -3.68. The van der Waals surface area contributed by atoms with Crippen LogP contribution >= 0.6 is 39.5 Å². The Kier molecular flexibility index (Phi) is 24.3. The van der Waals surface area contributed by atoms with Crippen molar-refractivity contribution < 1.29 is 60.0 Å². The first-order chi connectivity index (χ1) is 36.7. The van der Waals surface area contributed by atoms with Crippen molar-refractivity contribution in [2.75, 3.05) is 46.0 Å². The van der Waals surface area contributed by atoms with Crippen molar-refractivity contribution in [2.24, 2.45) is 0 Å². The van der Waals surface area contributed by atoms with Gasteiger partial charge in [0.05, 0.1) is 31.8 Å². The minimum Gasteiger partial charge on any atom is -0.377 e. The van der Waals surface area contributed by atoms with E-state index in [0.717, 1.165) is 54.9 Å². The van der Waals surface area contributed by atoms with Gasteiger partial charge >= 0.3 is 0 Å². The molecule has 4 amide bonds. The third-order valence-corrected chi connectivity index (χ3v) is 17.7. The molecule has 0 aromatic carbocycles. The van der Waals surface area contributed by atoms with E-state index < -0.39 is 34.3 Å². The number of halogens is 1. The number of thioether (sulfide) groups is 2. The van der Waals surface area contributed by atoms with E-state index in [-0.39, 0.29) is 68.3 Å². The first-order valence-corrected chi connectivity index (χ1v) is 31.1. The third-order valence-electron chi connectivity index (χ3n) is 12.4. The number of nitrogens with zero attached hydrogens (tertiary/aromatic N) is 4. The van der Waals surface area contributed by atoms with E-state index in [1.165, 1.54) is 20.8 Å². The molecule has 0 spiro atoms. The molecule has 0 radical (unpaired) electrons. The molecule has 4 N–H and O–H groups in total. The van der Waals surface area contributed by atoms with Crippen LogP contribution < -0.4 is 21.3 Å². The van der Waals surface area contributed by atoms with Crippen LogP contribution in [0.4, 0.5) is 23.3 Å². The van der Waals surface area contributed by atoms with E-state index in [0.29, 0.717) is 42.0 Å². The maximum atomic E-state index is 12.6. The van der Waals surface area contributed by atoms with Crippen molar-refractivity contribution in [3.63, 3.8) is 0 Å². The van der Waals surface area contributed by atoms with Crippen LogP contribution in [0.5, 0.6) is 0 Å². The number of nitrogens with one attached hydrogen (secondary N) is 4. The van der Waals surface area contributed by atoms with Crippen LogP contribution in [0.15, 0.2) is 42.4 Å². The van der Waals surface area contributed by atoms with E-state index >= 15 is 0 Å². The Bertz CT molecular complexity index is 2840. The van der Waals surface area contributed by atoms with Crippen molar-refractivity contribution >= 4 is 101 Å². The van der Waals surface area contributed by atoms with Crippen LogP contribution in [0.3, 0.4) is 0 Å². The minimum absolute atomic E-state index is 0.0655. The van der Waals surface area contributed by atoms with Gasteiger partial charge in [0, 0.05) is 71.8 Å². The lowest BCUT2D eigenvalue weighted by Gasteiger charge is -2.24. The Labute approximate surface area is 496 Å². The Hall–Kier alpha value is -4.56. The molecule has 2 aliphatic heterocycles. The van der Waals surface area contributed by atoms with E-state index in [2.05, 4.69) is 57.8 Å². The van der Waals surface area contributed by atoms with Crippen LogP contribution in [0.1, 0.15) is 194 Å². The van der Waals surface area contributed by atoms with Gasteiger partial charge in [-0.3, -0.25) is 24.0 Å². The number of sulfone groups is 1. The molecule has 21 nitrogen and oxygen atoms in total.